The summed E-state index contributed by atoms with van der Waals surface area (Å²) < 4.78 is 11.7. The molecule has 3 aromatic rings. The molecule has 0 radical (unpaired) electrons. The number of ether oxygens (including phenoxy) is 2. The number of hydrogen-bond acceptors (Lipinski definition) is 10. The molecular weight excluding hydrogens is 420 g/mol. The third kappa shape index (κ3) is 3.43. The molecular formula is C20H16N6O6. The molecule has 0 amide bonds. The lowest BCUT2D eigenvalue weighted by Crippen LogP contribution is -2.33. The lowest BCUT2D eigenvalue weighted by Gasteiger charge is -2.28. The van der Waals surface area contributed by atoms with E-state index in [2.05, 4.69) is 20.8 Å². The van der Waals surface area contributed by atoms with Crippen LogP contribution in [0.1, 0.15) is 22.0 Å². The van der Waals surface area contributed by atoms with Gasteiger partial charge in [-0.3, -0.25) is 14.9 Å². The number of hydrogen-bond donors (Lipinski definition) is 1. The van der Waals surface area contributed by atoms with Crippen molar-refractivity contribution >= 4 is 23.4 Å². The van der Waals surface area contributed by atoms with Gasteiger partial charge < -0.3 is 14.8 Å². The van der Waals surface area contributed by atoms with E-state index in [1.807, 2.05) is 0 Å². The van der Waals surface area contributed by atoms with Gasteiger partial charge in [0, 0.05) is 23.3 Å². The first-order valence-electron chi connectivity index (χ1n) is 9.25. The highest BCUT2D eigenvalue weighted by Gasteiger charge is 2.39. The molecule has 12 heteroatoms. The van der Waals surface area contributed by atoms with E-state index in [0.717, 1.165) is 0 Å². The standard InChI is InChI=1S/C20H16N6O6/c1-31-14-6-4-3-5-13(14)17-15(18(27)11-7-9-12(10-8-11)26(29)30)16(19(28)32-2)21-20-22-23-24-25(17)20/h3-10,17H,1-2H3,(H,21,22,24)/t17-/m0/s1. The average molecular weight is 436 g/mol. The van der Waals surface area contributed by atoms with E-state index in [1.165, 1.54) is 43.2 Å². The molecule has 0 fully saturated rings. The minimum atomic E-state index is -0.936. The molecule has 1 aliphatic rings. The minimum absolute atomic E-state index is 0.00463. The Labute approximate surface area is 180 Å². The fraction of sp³-hybridized carbons (Fsp3) is 0.150. The molecule has 0 aliphatic carbocycles. The quantitative estimate of drug-likeness (QED) is 0.262. The van der Waals surface area contributed by atoms with Crippen molar-refractivity contribution in [2.24, 2.45) is 0 Å². The molecule has 1 aromatic heterocycles. The molecule has 0 saturated carbocycles. The van der Waals surface area contributed by atoms with Crippen molar-refractivity contribution < 1.29 is 24.0 Å². The molecule has 4 rings (SSSR count). The van der Waals surface area contributed by atoms with Crippen molar-refractivity contribution in [2.75, 3.05) is 19.5 Å². The van der Waals surface area contributed by atoms with Crippen molar-refractivity contribution in [1.29, 1.82) is 0 Å². The molecule has 1 atom stereocenters. The molecule has 1 aliphatic heterocycles. The van der Waals surface area contributed by atoms with Gasteiger partial charge in [-0.05, 0) is 28.6 Å². The molecule has 162 valence electrons. The van der Waals surface area contributed by atoms with Crippen LogP contribution in [0.4, 0.5) is 11.6 Å². The predicted molar refractivity (Wildman–Crippen MR) is 109 cm³/mol. The minimum Gasteiger partial charge on any atom is -0.496 e. The van der Waals surface area contributed by atoms with Gasteiger partial charge >= 0.3 is 5.97 Å². The average Bonchev–Trinajstić information content (AvgIpc) is 3.30. The van der Waals surface area contributed by atoms with Gasteiger partial charge in [0.2, 0.25) is 5.95 Å². The zero-order valence-electron chi connectivity index (χ0n) is 16.9. The van der Waals surface area contributed by atoms with Crippen molar-refractivity contribution in [2.45, 2.75) is 6.04 Å². The van der Waals surface area contributed by atoms with Crippen LogP contribution < -0.4 is 10.1 Å². The van der Waals surface area contributed by atoms with Crippen LogP contribution in [0.25, 0.3) is 0 Å². The number of esters is 1. The van der Waals surface area contributed by atoms with Crippen molar-refractivity contribution in [3.63, 3.8) is 0 Å². The number of carbonyl (C=O) groups is 2. The molecule has 0 saturated heterocycles. The first-order chi connectivity index (χ1) is 15.5. The number of Topliss-reactive ketones (excluding diaryl/α,β-unsaturated/α-hetero) is 1. The smallest absolute Gasteiger partial charge is 0.355 e. The SMILES string of the molecule is COC(=O)C1=C(C(=O)c2ccc([N+](=O)[O-])cc2)[C@H](c2ccccc2OC)n2nnnc2N1. The number of ketones is 1. The van der Waals surface area contributed by atoms with E-state index in [9.17, 15) is 19.7 Å². The number of allylic oxidation sites excluding steroid dienone is 1. The number of anilines is 1. The Balaban J connectivity index is 1.94. The normalized spacial score (nSPS) is 14.9. The van der Waals surface area contributed by atoms with Crippen molar-refractivity contribution in [3.05, 3.63) is 81.0 Å². The molecule has 12 nitrogen and oxygen atoms in total. The Hall–Kier alpha value is -4.61. The van der Waals surface area contributed by atoms with Crippen LogP contribution in [0, 0.1) is 10.1 Å². The van der Waals surface area contributed by atoms with Gasteiger partial charge in [0.15, 0.2) is 5.78 Å². The van der Waals surface area contributed by atoms with Gasteiger partial charge in [-0.1, -0.05) is 23.3 Å². The summed E-state index contributed by atoms with van der Waals surface area (Å²) in [5.74, 6) is -0.796. The number of carbonyl (C=O) groups excluding carboxylic acids is 2. The predicted octanol–water partition coefficient (Wildman–Crippen LogP) is 1.91. The highest BCUT2D eigenvalue weighted by Crippen LogP contribution is 2.40. The van der Waals surface area contributed by atoms with Crippen molar-refractivity contribution in [1.82, 2.24) is 20.2 Å². The number of non-ortho nitro benzene ring substituents is 1. The van der Waals surface area contributed by atoms with Crippen LogP contribution >= 0.6 is 0 Å². The van der Waals surface area contributed by atoms with Crippen LogP contribution in [0.5, 0.6) is 5.75 Å². The number of para-hydroxylation sites is 1. The summed E-state index contributed by atoms with van der Waals surface area (Å²) in [6.45, 7) is 0. The van der Waals surface area contributed by atoms with Gasteiger partial charge in [-0.25, -0.2) is 4.79 Å². The maximum absolute atomic E-state index is 13.6. The Morgan fingerprint density at radius 1 is 1.12 bits per heavy atom. The summed E-state index contributed by atoms with van der Waals surface area (Å²) in [5.41, 5.74) is 0.334. The number of nitrogens with zero attached hydrogens (tertiary/aromatic N) is 5. The second-order valence-electron chi connectivity index (χ2n) is 6.63. The number of rotatable bonds is 6. The van der Waals surface area contributed by atoms with Crippen LogP contribution in [0.15, 0.2) is 59.8 Å². The lowest BCUT2D eigenvalue weighted by molar-refractivity contribution is -0.384. The molecule has 2 aromatic carbocycles. The number of tetrazole rings is 1. The Morgan fingerprint density at radius 3 is 2.50 bits per heavy atom. The van der Waals surface area contributed by atoms with Crippen LogP contribution in [0.2, 0.25) is 0 Å². The number of methoxy groups -OCH3 is 2. The molecule has 0 unspecified atom stereocenters. The number of aromatic nitrogens is 4. The zero-order valence-corrected chi connectivity index (χ0v) is 16.9. The van der Waals surface area contributed by atoms with Gasteiger partial charge in [0.25, 0.3) is 5.69 Å². The number of nitro groups is 1. The lowest BCUT2D eigenvalue weighted by atomic mass is 9.89. The fourth-order valence-electron chi connectivity index (χ4n) is 3.46. The summed E-state index contributed by atoms with van der Waals surface area (Å²) in [5, 5.41) is 25.2. The number of nitro benzene ring substituents is 1. The van der Waals surface area contributed by atoms with E-state index in [1.54, 1.807) is 24.3 Å². The van der Waals surface area contributed by atoms with Crippen LogP contribution in [0.3, 0.4) is 0 Å². The summed E-state index contributed by atoms with van der Waals surface area (Å²) in [6, 6.07) is 11.0. The first kappa shape index (κ1) is 20.7. The maximum Gasteiger partial charge on any atom is 0.355 e. The highest BCUT2D eigenvalue weighted by atomic mass is 16.6. The third-order valence-corrected chi connectivity index (χ3v) is 4.92. The largest absolute Gasteiger partial charge is 0.496 e. The van der Waals surface area contributed by atoms with Gasteiger partial charge in [-0.15, -0.1) is 0 Å². The first-order valence-corrected chi connectivity index (χ1v) is 9.25. The van der Waals surface area contributed by atoms with Crippen LogP contribution in [-0.4, -0.2) is 51.1 Å². The number of fused-ring (bicyclic) bond motifs is 1. The van der Waals surface area contributed by atoms with E-state index >= 15 is 0 Å². The summed E-state index contributed by atoms with van der Waals surface area (Å²) in [4.78, 5) is 36.7. The van der Waals surface area contributed by atoms with E-state index < -0.39 is 22.7 Å². The third-order valence-electron chi connectivity index (χ3n) is 4.92. The monoisotopic (exact) mass is 436 g/mol. The summed E-state index contributed by atoms with van der Waals surface area (Å²) in [6.07, 6.45) is 0. The van der Waals surface area contributed by atoms with E-state index in [4.69, 9.17) is 9.47 Å². The fourth-order valence-corrected chi connectivity index (χ4v) is 3.46. The van der Waals surface area contributed by atoms with E-state index in [0.29, 0.717) is 11.3 Å². The topological polar surface area (TPSA) is 151 Å². The van der Waals surface area contributed by atoms with Crippen LogP contribution in [-0.2, 0) is 9.53 Å². The Kier molecular flexibility index (Phi) is 5.33. The highest BCUT2D eigenvalue weighted by molar-refractivity contribution is 6.15. The molecule has 1 N–H and O–H groups in total. The Bertz CT molecular complexity index is 1250. The molecule has 0 bridgehead atoms. The Morgan fingerprint density at radius 2 is 1.84 bits per heavy atom. The summed E-state index contributed by atoms with van der Waals surface area (Å²) in [7, 11) is 2.66. The summed E-state index contributed by atoms with van der Waals surface area (Å²) >= 11 is 0. The second kappa shape index (κ2) is 8.26. The van der Waals surface area contributed by atoms with Gasteiger partial charge in [-0.2, -0.15) is 4.68 Å². The molecule has 2 heterocycles. The second-order valence-corrected chi connectivity index (χ2v) is 6.63. The molecule has 32 heavy (non-hydrogen) atoms. The van der Waals surface area contributed by atoms with Gasteiger partial charge in [0.05, 0.1) is 24.7 Å². The maximum atomic E-state index is 13.6. The number of nitrogens with one attached hydrogen (secondary N) is 1. The number of benzene rings is 2. The zero-order chi connectivity index (χ0) is 22.8. The molecule has 0 spiro atoms. The van der Waals surface area contributed by atoms with E-state index in [-0.39, 0.29) is 28.5 Å². The van der Waals surface area contributed by atoms with Gasteiger partial charge in [0.1, 0.15) is 17.5 Å². The van der Waals surface area contributed by atoms with Crippen molar-refractivity contribution in [3.8, 4) is 5.75 Å².